The minimum atomic E-state index is -3.81. The van der Waals surface area contributed by atoms with Crippen LogP contribution in [0.25, 0.3) is 0 Å². The number of carbonyl (C=O) groups is 2. The summed E-state index contributed by atoms with van der Waals surface area (Å²) in [6.45, 7) is 3.50. The maximum Gasteiger partial charge on any atom is 0.501 e. The third kappa shape index (κ3) is 4.93. The van der Waals surface area contributed by atoms with Crippen LogP contribution in [-0.2, 0) is 21.4 Å². The van der Waals surface area contributed by atoms with Gasteiger partial charge in [-0.25, -0.2) is 26.7 Å². The number of fused-ring (bicyclic) bond motifs is 1. The van der Waals surface area contributed by atoms with Crippen LogP contribution in [0.5, 0.6) is 0 Å². The summed E-state index contributed by atoms with van der Waals surface area (Å²) < 4.78 is 62.7. The molecule has 0 bridgehead atoms. The van der Waals surface area contributed by atoms with Crippen molar-refractivity contribution in [3.8, 4) is 0 Å². The first-order valence-corrected chi connectivity index (χ1v) is 13.6. The molecule has 2 saturated carbocycles. The number of urea groups is 1. The number of imide groups is 1. The van der Waals surface area contributed by atoms with Gasteiger partial charge in [0.25, 0.3) is 0 Å². The Morgan fingerprint density at radius 1 is 1.22 bits per heavy atom. The first-order chi connectivity index (χ1) is 16.9. The molecule has 0 saturated heterocycles. The van der Waals surface area contributed by atoms with Gasteiger partial charge in [-0.15, -0.1) is 4.90 Å². The number of amides is 3. The summed E-state index contributed by atoms with van der Waals surface area (Å²) in [5, 5.41) is 2.71. The Kier molecular flexibility index (Phi) is 6.02. The smallest absolute Gasteiger partial charge is 0.357 e. The third-order valence-electron chi connectivity index (χ3n) is 7.29. The van der Waals surface area contributed by atoms with Crippen molar-refractivity contribution in [3.05, 3.63) is 41.3 Å². The molecule has 36 heavy (non-hydrogen) atoms. The van der Waals surface area contributed by atoms with Gasteiger partial charge in [0, 0.05) is 24.4 Å². The highest BCUT2D eigenvalue weighted by Gasteiger charge is 2.49. The van der Waals surface area contributed by atoms with Crippen LogP contribution in [-0.4, -0.2) is 64.0 Å². The average molecular weight is 524 g/mol. The van der Waals surface area contributed by atoms with Gasteiger partial charge in [0.15, 0.2) is 12.3 Å². The molecule has 5 rings (SSSR count). The highest BCUT2D eigenvalue weighted by Crippen LogP contribution is 2.37. The maximum absolute atomic E-state index is 13.7. The minimum Gasteiger partial charge on any atom is -0.357 e. The van der Waals surface area contributed by atoms with E-state index in [-0.39, 0.29) is 56.0 Å². The number of alkyl halides is 2. The van der Waals surface area contributed by atoms with E-state index in [1.54, 1.807) is 13.0 Å². The number of hydrogen-bond donors (Lipinski definition) is 1. The van der Waals surface area contributed by atoms with E-state index in [2.05, 4.69) is 9.88 Å². The number of allylic oxidation sites excluding steroid dienone is 1. The second kappa shape index (κ2) is 8.69. The summed E-state index contributed by atoms with van der Waals surface area (Å²) in [5.41, 5.74) is 0.481. The molecule has 2 fully saturated rings. The molecule has 1 N–H and O–H groups in total. The molecule has 3 amide bonds. The molecule has 1 aromatic rings. The lowest BCUT2D eigenvalue weighted by molar-refractivity contribution is -0.447. The molecule has 12 heteroatoms. The lowest BCUT2D eigenvalue weighted by atomic mass is 9.86. The van der Waals surface area contributed by atoms with Crippen molar-refractivity contribution in [1.29, 1.82) is 0 Å². The van der Waals surface area contributed by atoms with Crippen molar-refractivity contribution in [1.82, 2.24) is 14.8 Å². The van der Waals surface area contributed by atoms with Gasteiger partial charge in [-0.1, -0.05) is 11.2 Å². The topological polar surface area (TPSA) is 113 Å². The Balaban J connectivity index is 1.49. The Labute approximate surface area is 207 Å². The van der Waals surface area contributed by atoms with Crippen LogP contribution in [0.15, 0.2) is 34.4 Å². The fourth-order valence-corrected chi connectivity index (χ4v) is 6.50. The van der Waals surface area contributed by atoms with Gasteiger partial charge in [-0.2, -0.15) is 9.37 Å². The fourth-order valence-electron chi connectivity index (χ4n) is 4.88. The molecule has 1 aliphatic heterocycles. The van der Waals surface area contributed by atoms with Gasteiger partial charge in [-0.05, 0) is 57.6 Å². The number of rotatable bonds is 7. The van der Waals surface area contributed by atoms with Crippen LogP contribution in [0.2, 0.25) is 0 Å². The summed E-state index contributed by atoms with van der Waals surface area (Å²) >= 11 is 0. The molecular formula is C24H29F2N4O5S+. The molecule has 9 nitrogen and oxygen atoms in total. The van der Waals surface area contributed by atoms with Gasteiger partial charge in [0.2, 0.25) is 15.9 Å². The Hall–Kier alpha value is -2.73. The number of halogens is 2. The Morgan fingerprint density at radius 3 is 2.53 bits per heavy atom. The average Bonchev–Trinajstić information content (AvgIpc) is 3.38. The zero-order valence-corrected chi connectivity index (χ0v) is 21.0. The van der Waals surface area contributed by atoms with E-state index in [1.807, 2.05) is 6.92 Å². The van der Waals surface area contributed by atoms with Crippen LogP contribution in [0.4, 0.5) is 13.6 Å². The highest BCUT2D eigenvalue weighted by molar-refractivity contribution is 7.90. The van der Waals surface area contributed by atoms with Crippen LogP contribution in [0.3, 0.4) is 0 Å². The van der Waals surface area contributed by atoms with Crippen LogP contribution < -0.4 is 4.72 Å². The molecule has 3 aliphatic carbocycles. The van der Waals surface area contributed by atoms with E-state index >= 15 is 0 Å². The zero-order chi connectivity index (χ0) is 25.9. The second-order valence-electron chi connectivity index (χ2n) is 10.5. The molecule has 1 atom stereocenters. The molecule has 0 radical (unpaired) electrons. The van der Waals surface area contributed by atoms with Crippen molar-refractivity contribution < 1.29 is 35.9 Å². The van der Waals surface area contributed by atoms with Gasteiger partial charge >= 0.3 is 11.9 Å². The molecule has 4 aliphatic rings. The Bertz CT molecular complexity index is 1300. The second-order valence-corrected chi connectivity index (χ2v) is 12.4. The van der Waals surface area contributed by atoms with Crippen LogP contribution in [0, 0.1) is 12.8 Å². The number of carbonyl (C=O) groups excluding carboxylic acids is 2. The van der Waals surface area contributed by atoms with E-state index in [0.717, 1.165) is 17.7 Å². The van der Waals surface area contributed by atoms with Crippen LogP contribution in [0.1, 0.15) is 56.9 Å². The molecule has 1 unspecified atom stereocenters. The van der Waals surface area contributed by atoms with Gasteiger partial charge < -0.3 is 4.52 Å². The number of nitrogens with zero attached hydrogens (tertiary/aromatic N) is 3. The van der Waals surface area contributed by atoms with Crippen LogP contribution >= 0.6 is 0 Å². The van der Waals surface area contributed by atoms with Gasteiger partial charge in [-0.3, -0.25) is 0 Å². The quantitative estimate of drug-likeness (QED) is 0.550. The SMILES string of the molecule is Cc1cc(CN2C(=O)C3=CC(S(=O)(=O)NC4(C)CC4)C=CC3=[N+](CC3CCC(F)(F)CC3)C2=O)on1. The number of hydrogen-bond acceptors (Lipinski definition) is 6. The standard InChI is InChI=1S/C24H29F2N4O5S/c1-15-11-17(35-27-15)14-30-21(31)19-12-18(36(33,34)28-23(2)9-10-23)3-4-20(19)29(22(30)32)13-16-5-7-24(25,26)8-6-16/h3-4,11-12,16,18,28H,5-10,13-14H2,1-2H3/q+1. The predicted octanol–water partition coefficient (Wildman–Crippen LogP) is 3.06. The summed E-state index contributed by atoms with van der Waals surface area (Å²) in [5.74, 6) is -3.21. The minimum absolute atomic E-state index is 0.0887. The number of nitrogens with one attached hydrogen (secondary N) is 1. The first-order valence-electron chi connectivity index (χ1n) is 12.1. The van der Waals surface area contributed by atoms with Crippen molar-refractivity contribution in [2.75, 3.05) is 6.54 Å². The maximum atomic E-state index is 13.7. The van der Waals surface area contributed by atoms with Crippen molar-refractivity contribution in [2.24, 2.45) is 5.92 Å². The van der Waals surface area contributed by atoms with E-state index in [9.17, 15) is 26.8 Å². The molecule has 2 heterocycles. The number of aromatic nitrogens is 1. The molecule has 0 aromatic carbocycles. The van der Waals surface area contributed by atoms with E-state index in [1.165, 1.54) is 22.8 Å². The van der Waals surface area contributed by atoms with E-state index < -0.39 is 38.7 Å². The predicted molar refractivity (Wildman–Crippen MR) is 125 cm³/mol. The number of aryl methyl sites for hydroxylation is 1. The number of sulfonamides is 1. The summed E-state index contributed by atoms with van der Waals surface area (Å²) in [4.78, 5) is 27.9. The van der Waals surface area contributed by atoms with Gasteiger partial charge in [0.05, 0.1) is 12.2 Å². The van der Waals surface area contributed by atoms with Crippen molar-refractivity contribution in [2.45, 2.75) is 75.6 Å². The van der Waals surface area contributed by atoms with E-state index in [4.69, 9.17) is 4.52 Å². The summed E-state index contributed by atoms with van der Waals surface area (Å²) in [6, 6.07) is 1.00. The van der Waals surface area contributed by atoms with Crippen molar-refractivity contribution in [3.63, 3.8) is 0 Å². The monoisotopic (exact) mass is 523 g/mol. The lowest BCUT2D eigenvalue weighted by Crippen LogP contribution is -2.53. The summed E-state index contributed by atoms with van der Waals surface area (Å²) in [7, 11) is -3.81. The Morgan fingerprint density at radius 2 is 1.92 bits per heavy atom. The largest absolute Gasteiger partial charge is 0.501 e. The normalized spacial score (nSPS) is 25.7. The molecule has 0 spiro atoms. The zero-order valence-electron chi connectivity index (χ0n) is 20.2. The fraction of sp³-hybridized carbons (Fsp3) is 0.583. The highest BCUT2D eigenvalue weighted by atomic mass is 32.2. The van der Waals surface area contributed by atoms with Gasteiger partial charge in [0.1, 0.15) is 16.5 Å². The molecule has 194 valence electrons. The molecule has 1 aromatic heterocycles. The van der Waals surface area contributed by atoms with Crippen molar-refractivity contribution >= 4 is 27.7 Å². The van der Waals surface area contributed by atoms with E-state index in [0.29, 0.717) is 11.5 Å². The molecular weight excluding hydrogens is 494 g/mol. The lowest BCUT2D eigenvalue weighted by Gasteiger charge is -2.30. The summed E-state index contributed by atoms with van der Waals surface area (Å²) in [6.07, 6.45) is 5.77. The first kappa shape index (κ1) is 24.9. The third-order valence-corrected chi connectivity index (χ3v) is 9.08.